The molecule has 0 aromatic carbocycles. The van der Waals surface area contributed by atoms with Crippen LogP contribution in [0.2, 0.25) is 0 Å². The molecule has 21 heavy (non-hydrogen) atoms. The Morgan fingerprint density at radius 1 is 1.43 bits per heavy atom. The van der Waals surface area contributed by atoms with E-state index in [-0.39, 0.29) is 0 Å². The zero-order chi connectivity index (χ0) is 15.1. The Labute approximate surface area is 127 Å². The summed E-state index contributed by atoms with van der Waals surface area (Å²) in [5, 5.41) is 38.9. The normalized spacial score (nSPS) is 28.9. The molecule has 0 saturated carbocycles. The number of aliphatic hydroxyl groups excluding tert-OH is 3. The molecule has 0 amide bonds. The Morgan fingerprint density at radius 2 is 2.19 bits per heavy atom. The van der Waals surface area contributed by atoms with Crippen LogP contribution in [0.5, 0.6) is 0 Å². The highest BCUT2D eigenvalue weighted by molar-refractivity contribution is 9.10. The predicted molar refractivity (Wildman–Crippen MR) is 73.0 cm³/mol. The number of aliphatic hydroxyl groups is 3. The van der Waals surface area contributed by atoms with E-state index in [1.165, 1.54) is 17.1 Å². The zero-order valence-corrected chi connectivity index (χ0v) is 12.2. The number of fused-ring (bicyclic) bond motifs is 1. The molecule has 3 N–H and O–H groups in total. The standard InChI is InChI=1S/C12H11BrN4O4/c13-10-5(1-14)6-2-15-4-16-11(6)17(10)12-9(20)8(19)7(3-18)21-12/h2,4,7-9,12,18-20H,3H2/t7-,8+,9-,12-/m0/s1. The van der Waals surface area contributed by atoms with Gasteiger partial charge in [-0.05, 0) is 15.9 Å². The summed E-state index contributed by atoms with van der Waals surface area (Å²) < 4.78 is 7.32. The summed E-state index contributed by atoms with van der Waals surface area (Å²) in [6.45, 7) is -0.425. The highest BCUT2D eigenvalue weighted by Gasteiger charge is 2.44. The van der Waals surface area contributed by atoms with E-state index in [1.54, 1.807) is 0 Å². The summed E-state index contributed by atoms with van der Waals surface area (Å²) in [4.78, 5) is 7.98. The number of halogens is 1. The highest BCUT2D eigenvalue weighted by Crippen LogP contribution is 2.37. The van der Waals surface area contributed by atoms with Gasteiger partial charge < -0.3 is 20.1 Å². The summed E-state index contributed by atoms with van der Waals surface area (Å²) in [7, 11) is 0. The molecule has 3 rings (SSSR count). The average molecular weight is 355 g/mol. The molecular formula is C12H11BrN4O4. The summed E-state index contributed by atoms with van der Waals surface area (Å²) in [6, 6.07) is 2.04. The Bertz CT molecular complexity index is 728. The molecule has 0 aliphatic carbocycles. The van der Waals surface area contributed by atoms with Crippen LogP contribution in [0.25, 0.3) is 11.0 Å². The van der Waals surface area contributed by atoms with Gasteiger partial charge in [-0.15, -0.1) is 0 Å². The van der Waals surface area contributed by atoms with Crippen molar-refractivity contribution in [2.75, 3.05) is 6.61 Å². The van der Waals surface area contributed by atoms with Crippen LogP contribution in [0.1, 0.15) is 11.8 Å². The van der Waals surface area contributed by atoms with Gasteiger partial charge in [0.05, 0.1) is 17.6 Å². The fourth-order valence-electron chi connectivity index (χ4n) is 2.45. The third-order valence-electron chi connectivity index (χ3n) is 3.49. The van der Waals surface area contributed by atoms with E-state index in [9.17, 15) is 15.5 Å². The molecule has 0 bridgehead atoms. The predicted octanol–water partition coefficient (Wildman–Crippen LogP) is -0.323. The molecular weight excluding hydrogens is 344 g/mol. The molecule has 1 aliphatic heterocycles. The van der Waals surface area contributed by atoms with Gasteiger partial charge in [0.15, 0.2) is 6.23 Å². The Kier molecular flexibility index (Phi) is 3.64. The SMILES string of the molecule is N#Cc1c(Br)n([C@H]2O[C@@H](CO)[C@@H](O)[C@@H]2O)c2ncncc12. The molecule has 9 heteroatoms. The average Bonchev–Trinajstić information content (AvgIpc) is 2.94. The van der Waals surface area contributed by atoms with E-state index < -0.39 is 31.1 Å². The van der Waals surface area contributed by atoms with Crippen molar-refractivity contribution in [2.45, 2.75) is 24.5 Å². The summed E-state index contributed by atoms with van der Waals surface area (Å²) in [6.07, 6.45) is -1.54. The Hall–Kier alpha value is -1.57. The van der Waals surface area contributed by atoms with Crippen LogP contribution in [0.15, 0.2) is 17.1 Å². The maximum Gasteiger partial charge on any atom is 0.165 e. The van der Waals surface area contributed by atoms with Crippen molar-refractivity contribution >= 4 is 27.0 Å². The summed E-state index contributed by atoms with van der Waals surface area (Å²) in [5.74, 6) is 0. The minimum Gasteiger partial charge on any atom is -0.394 e. The van der Waals surface area contributed by atoms with E-state index in [4.69, 9.17) is 9.84 Å². The van der Waals surface area contributed by atoms with E-state index in [0.717, 1.165) is 0 Å². The van der Waals surface area contributed by atoms with Gasteiger partial charge in [0, 0.05) is 6.20 Å². The fraction of sp³-hybridized carbons (Fsp3) is 0.417. The van der Waals surface area contributed by atoms with Gasteiger partial charge in [-0.2, -0.15) is 5.26 Å². The first-order valence-electron chi connectivity index (χ1n) is 6.12. The topological polar surface area (TPSA) is 124 Å². The number of hydrogen-bond acceptors (Lipinski definition) is 7. The van der Waals surface area contributed by atoms with Gasteiger partial charge in [0.1, 0.15) is 41.0 Å². The van der Waals surface area contributed by atoms with Crippen molar-refractivity contribution in [3.05, 3.63) is 22.7 Å². The first-order chi connectivity index (χ1) is 10.1. The van der Waals surface area contributed by atoms with Crippen molar-refractivity contribution < 1.29 is 20.1 Å². The van der Waals surface area contributed by atoms with Crippen molar-refractivity contribution in [3.63, 3.8) is 0 Å². The second-order valence-electron chi connectivity index (χ2n) is 4.64. The monoisotopic (exact) mass is 354 g/mol. The number of ether oxygens (including phenoxy) is 1. The largest absolute Gasteiger partial charge is 0.394 e. The molecule has 1 saturated heterocycles. The van der Waals surface area contributed by atoms with Crippen LogP contribution >= 0.6 is 15.9 Å². The number of aromatic nitrogens is 3. The summed E-state index contributed by atoms with van der Waals surface area (Å²) >= 11 is 3.29. The molecule has 1 fully saturated rings. The van der Waals surface area contributed by atoms with Gasteiger partial charge in [-0.25, -0.2) is 9.97 Å². The van der Waals surface area contributed by atoms with Gasteiger partial charge in [-0.3, -0.25) is 4.57 Å². The zero-order valence-electron chi connectivity index (χ0n) is 10.6. The lowest BCUT2D eigenvalue weighted by molar-refractivity contribution is -0.0518. The molecule has 4 atom stereocenters. The number of rotatable bonds is 2. The Morgan fingerprint density at radius 3 is 2.81 bits per heavy atom. The molecule has 0 spiro atoms. The van der Waals surface area contributed by atoms with E-state index in [2.05, 4.69) is 25.9 Å². The van der Waals surface area contributed by atoms with Crippen LogP contribution in [-0.4, -0.2) is 54.8 Å². The first-order valence-corrected chi connectivity index (χ1v) is 6.91. The van der Waals surface area contributed by atoms with Crippen LogP contribution in [0, 0.1) is 11.3 Å². The molecule has 8 nitrogen and oxygen atoms in total. The lowest BCUT2D eigenvalue weighted by Gasteiger charge is -2.18. The van der Waals surface area contributed by atoms with Gasteiger partial charge in [0.25, 0.3) is 0 Å². The quantitative estimate of drug-likeness (QED) is 0.674. The minimum atomic E-state index is -1.25. The van der Waals surface area contributed by atoms with Crippen LogP contribution in [-0.2, 0) is 4.74 Å². The summed E-state index contributed by atoms with van der Waals surface area (Å²) in [5.41, 5.74) is 0.701. The maximum atomic E-state index is 10.1. The molecule has 2 aromatic heterocycles. The minimum absolute atomic E-state index is 0.309. The third-order valence-corrected chi connectivity index (χ3v) is 4.27. The lowest BCUT2D eigenvalue weighted by Crippen LogP contribution is -2.33. The van der Waals surface area contributed by atoms with Crippen LogP contribution < -0.4 is 0 Å². The lowest BCUT2D eigenvalue weighted by atomic mass is 10.1. The second-order valence-corrected chi connectivity index (χ2v) is 5.39. The maximum absolute atomic E-state index is 10.1. The fourth-order valence-corrected chi connectivity index (χ4v) is 3.12. The van der Waals surface area contributed by atoms with Crippen molar-refractivity contribution in [1.29, 1.82) is 5.26 Å². The molecule has 110 valence electrons. The Balaban J connectivity index is 2.18. The van der Waals surface area contributed by atoms with E-state index in [0.29, 0.717) is 21.2 Å². The van der Waals surface area contributed by atoms with Crippen molar-refractivity contribution in [2.24, 2.45) is 0 Å². The number of nitriles is 1. The van der Waals surface area contributed by atoms with E-state index >= 15 is 0 Å². The second kappa shape index (κ2) is 5.32. The number of nitrogens with zero attached hydrogens (tertiary/aromatic N) is 4. The highest BCUT2D eigenvalue weighted by atomic mass is 79.9. The van der Waals surface area contributed by atoms with Gasteiger partial charge in [-0.1, -0.05) is 0 Å². The van der Waals surface area contributed by atoms with Crippen LogP contribution in [0.4, 0.5) is 0 Å². The molecule has 1 aliphatic rings. The molecule has 0 unspecified atom stereocenters. The van der Waals surface area contributed by atoms with Crippen LogP contribution in [0.3, 0.4) is 0 Å². The molecule has 2 aromatic rings. The van der Waals surface area contributed by atoms with Gasteiger partial charge in [0.2, 0.25) is 0 Å². The smallest absolute Gasteiger partial charge is 0.165 e. The van der Waals surface area contributed by atoms with Crippen molar-refractivity contribution in [1.82, 2.24) is 14.5 Å². The number of hydrogen-bond donors (Lipinski definition) is 3. The van der Waals surface area contributed by atoms with Gasteiger partial charge >= 0.3 is 0 Å². The molecule has 3 heterocycles. The first kappa shape index (κ1) is 14.4. The van der Waals surface area contributed by atoms with E-state index in [1.807, 2.05) is 6.07 Å². The molecule has 0 radical (unpaired) electrons. The van der Waals surface area contributed by atoms with Crippen molar-refractivity contribution in [3.8, 4) is 6.07 Å². The third kappa shape index (κ3) is 2.04.